The lowest BCUT2D eigenvalue weighted by Gasteiger charge is -2.01. The van der Waals surface area contributed by atoms with Gasteiger partial charge in [0, 0.05) is 4.47 Å². The molecule has 1 amide bonds. The minimum absolute atomic E-state index is 0.290. The maximum atomic E-state index is 12.3. The first-order valence-electron chi connectivity index (χ1n) is 7.87. The van der Waals surface area contributed by atoms with Gasteiger partial charge in [-0.05, 0) is 23.3 Å². The lowest BCUT2D eigenvalue weighted by molar-refractivity contribution is -0.385. The van der Waals surface area contributed by atoms with Gasteiger partial charge < -0.3 is 0 Å². The number of carbonyl (C=O) groups is 1. The fourth-order valence-corrected chi connectivity index (χ4v) is 2.59. The van der Waals surface area contributed by atoms with Gasteiger partial charge in [0.05, 0.1) is 17.7 Å². The van der Waals surface area contributed by atoms with Crippen molar-refractivity contribution in [2.45, 2.75) is 6.54 Å². The van der Waals surface area contributed by atoms with E-state index in [9.17, 15) is 14.9 Å². The highest BCUT2D eigenvalue weighted by molar-refractivity contribution is 9.10. The second-order valence-corrected chi connectivity index (χ2v) is 6.47. The van der Waals surface area contributed by atoms with E-state index in [0.29, 0.717) is 6.54 Å². The highest BCUT2D eigenvalue weighted by Gasteiger charge is 2.25. The summed E-state index contributed by atoms with van der Waals surface area (Å²) in [4.78, 5) is 22.9. The van der Waals surface area contributed by atoms with Crippen LogP contribution in [0.3, 0.4) is 0 Å². The van der Waals surface area contributed by atoms with E-state index in [1.807, 2.05) is 54.6 Å². The van der Waals surface area contributed by atoms with Crippen molar-refractivity contribution in [3.05, 3.63) is 92.2 Å². The molecule has 0 aliphatic carbocycles. The SMILES string of the molecule is O=C(NN=Cc1ccccc1)c1nn(Cc2ccc(Br)cc2)cc1[N+](=O)[O-]. The topological polar surface area (TPSA) is 102 Å². The van der Waals surface area contributed by atoms with Crippen molar-refractivity contribution >= 4 is 33.7 Å². The Balaban J connectivity index is 1.76. The number of hydrazone groups is 1. The first-order valence-corrected chi connectivity index (χ1v) is 8.67. The van der Waals surface area contributed by atoms with Crippen molar-refractivity contribution in [3.63, 3.8) is 0 Å². The Kier molecular flexibility index (Phi) is 5.72. The van der Waals surface area contributed by atoms with Crippen LogP contribution in [0.2, 0.25) is 0 Å². The Bertz CT molecular complexity index is 984. The summed E-state index contributed by atoms with van der Waals surface area (Å²) in [5, 5.41) is 19.1. The summed E-state index contributed by atoms with van der Waals surface area (Å²) < 4.78 is 2.28. The van der Waals surface area contributed by atoms with Crippen LogP contribution < -0.4 is 5.43 Å². The lowest BCUT2D eigenvalue weighted by Crippen LogP contribution is -2.19. The van der Waals surface area contributed by atoms with Crippen molar-refractivity contribution in [2.75, 3.05) is 0 Å². The van der Waals surface area contributed by atoms with Crippen LogP contribution in [-0.2, 0) is 6.54 Å². The Hall–Kier alpha value is -3.33. The molecule has 136 valence electrons. The van der Waals surface area contributed by atoms with Gasteiger partial charge in [-0.1, -0.05) is 58.4 Å². The van der Waals surface area contributed by atoms with E-state index in [4.69, 9.17) is 0 Å². The predicted molar refractivity (Wildman–Crippen MR) is 104 cm³/mol. The second-order valence-electron chi connectivity index (χ2n) is 5.55. The van der Waals surface area contributed by atoms with Gasteiger partial charge in [0.2, 0.25) is 5.69 Å². The van der Waals surface area contributed by atoms with E-state index >= 15 is 0 Å². The summed E-state index contributed by atoms with van der Waals surface area (Å²) in [7, 11) is 0. The van der Waals surface area contributed by atoms with Gasteiger partial charge in [-0.15, -0.1) is 0 Å². The highest BCUT2D eigenvalue weighted by Crippen LogP contribution is 2.18. The molecule has 0 radical (unpaired) electrons. The monoisotopic (exact) mass is 427 g/mol. The molecular weight excluding hydrogens is 414 g/mol. The van der Waals surface area contributed by atoms with Crippen LogP contribution >= 0.6 is 15.9 Å². The van der Waals surface area contributed by atoms with Gasteiger partial charge in [-0.2, -0.15) is 10.2 Å². The summed E-state index contributed by atoms with van der Waals surface area (Å²) in [5.74, 6) is -0.747. The molecule has 0 unspecified atom stereocenters. The Morgan fingerprint density at radius 3 is 2.59 bits per heavy atom. The number of benzene rings is 2. The predicted octanol–water partition coefficient (Wildman–Crippen LogP) is 3.37. The van der Waals surface area contributed by atoms with Crippen molar-refractivity contribution in [1.29, 1.82) is 0 Å². The number of hydrogen-bond donors (Lipinski definition) is 1. The molecule has 0 spiro atoms. The molecule has 2 aromatic carbocycles. The van der Waals surface area contributed by atoms with Crippen molar-refractivity contribution < 1.29 is 9.72 Å². The van der Waals surface area contributed by atoms with Crippen molar-refractivity contribution in [3.8, 4) is 0 Å². The van der Waals surface area contributed by atoms with Gasteiger partial charge in [0.1, 0.15) is 6.20 Å². The average molecular weight is 428 g/mol. The normalized spacial score (nSPS) is 10.9. The molecule has 0 aliphatic heterocycles. The van der Waals surface area contributed by atoms with Crippen molar-refractivity contribution in [2.24, 2.45) is 5.10 Å². The number of nitrogens with one attached hydrogen (secondary N) is 1. The molecule has 9 heteroatoms. The average Bonchev–Trinajstić information content (AvgIpc) is 3.09. The molecule has 8 nitrogen and oxygen atoms in total. The van der Waals surface area contributed by atoms with Crippen LogP contribution in [0.5, 0.6) is 0 Å². The number of aromatic nitrogens is 2. The Labute approximate surface area is 162 Å². The summed E-state index contributed by atoms with van der Waals surface area (Å²) >= 11 is 3.35. The maximum absolute atomic E-state index is 12.3. The minimum Gasteiger partial charge on any atom is -0.265 e. The zero-order valence-electron chi connectivity index (χ0n) is 13.9. The number of rotatable bonds is 6. The molecule has 1 aromatic heterocycles. The zero-order valence-corrected chi connectivity index (χ0v) is 15.5. The highest BCUT2D eigenvalue weighted by atomic mass is 79.9. The van der Waals surface area contributed by atoms with Gasteiger partial charge in [-0.3, -0.25) is 19.6 Å². The molecule has 0 aliphatic rings. The zero-order chi connectivity index (χ0) is 19.2. The van der Waals surface area contributed by atoms with E-state index in [0.717, 1.165) is 15.6 Å². The minimum atomic E-state index is -0.747. The molecule has 0 saturated carbocycles. The van der Waals surface area contributed by atoms with Crippen LogP contribution in [-0.4, -0.2) is 26.8 Å². The van der Waals surface area contributed by atoms with Crippen LogP contribution in [0.25, 0.3) is 0 Å². The molecule has 3 aromatic rings. The van der Waals surface area contributed by atoms with E-state index < -0.39 is 10.8 Å². The van der Waals surface area contributed by atoms with Gasteiger partial charge in [0.15, 0.2) is 0 Å². The molecule has 0 atom stereocenters. The standard InChI is InChI=1S/C18H14BrN5O3/c19-15-8-6-14(7-9-15)11-23-12-16(24(26)27)17(22-23)18(25)21-20-10-13-4-2-1-3-5-13/h1-10,12H,11H2,(H,21,25). The summed E-state index contributed by atoms with van der Waals surface area (Å²) in [5.41, 5.74) is 3.28. The first kappa shape index (κ1) is 18.5. The van der Waals surface area contributed by atoms with Gasteiger partial charge in [-0.25, -0.2) is 5.43 Å². The summed E-state index contributed by atoms with van der Waals surface area (Å²) in [6, 6.07) is 16.6. The first-order chi connectivity index (χ1) is 13.0. The number of halogens is 1. The third kappa shape index (κ3) is 4.85. The third-order valence-electron chi connectivity index (χ3n) is 3.59. The molecule has 27 heavy (non-hydrogen) atoms. The molecule has 1 heterocycles. The van der Waals surface area contributed by atoms with Crippen LogP contribution in [0.1, 0.15) is 21.6 Å². The lowest BCUT2D eigenvalue weighted by atomic mass is 10.2. The Morgan fingerprint density at radius 2 is 1.93 bits per heavy atom. The summed E-state index contributed by atoms with van der Waals surface area (Å²) in [6.45, 7) is 0.300. The van der Waals surface area contributed by atoms with E-state index in [1.54, 1.807) is 0 Å². The number of carbonyl (C=O) groups excluding carboxylic acids is 1. The van der Waals surface area contributed by atoms with E-state index in [-0.39, 0.29) is 11.4 Å². The fourth-order valence-electron chi connectivity index (χ4n) is 2.32. The number of hydrogen-bond acceptors (Lipinski definition) is 5. The van der Waals surface area contributed by atoms with Gasteiger partial charge >= 0.3 is 5.69 Å². The molecular formula is C18H14BrN5O3. The largest absolute Gasteiger partial charge is 0.320 e. The number of nitro groups is 1. The fraction of sp³-hybridized carbons (Fsp3) is 0.0556. The van der Waals surface area contributed by atoms with Crippen LogP contribution in [0.15, 0.2) is 70.4 Å². The number of amides is 1. The third-order valence-corrected chi connectivity index (χ3v) is 4.12. The number of nitrogens with zero attached hydrogens (tertiary/aromatic N) is 4. The van der Waals surface area contributed by atoms with Crippen LogP contribution in [0.4, 0.5) is 5.69 Å². The van der Waals surface area contributed by atoms with Gasteiger partial charge in [0.25, 0.3) is 5.91 Å². The molecule has 0 saturated heterocycles. The second kappa shape index (κ2) is 8.37. The molecule has 0 bridgehead atoms. The smallest absolute Gasteiger partial charge is 0.265 e. The van der Waals surface area contributed by atoms with E-state index in [1.165, 1.54) is 17.1 Å². The summed E-state index contributed by atoms with van der Waals surface area (Å²) in [6.07, 6.45) is 2.68. The quantitative estimate of drug-likeness (QED) is 0.370. The van der Waals surface area contributed by atoms with Crippen molar-refractivity contribution in [1.82, 2.24) is 15.2 Å². The molecule has 0 fully saturated rings. The molecule has 3 rings (SSSR count). The Morgan fingerprint density at radius 1 is 1.22 bits per heavy atom. The maximum Gasteiger partial charge on any atom is 0.320 e. The van der Waals surface area contributed by atoms with Crippen LogP contribution in [0, 0.1) is 10.1 Å². The van der Waals surface area contributed by atoms with E-state index in [2.05, 4.69) is 31.6 Å². The molecule has 1 N–H and O–H groups in total.